The summed E-state index contributed by atoms with van der Waals surface area (Å²) in [5.41, 5.74) is 3.78. The second-order valence-electron chi connectivity index (χ2n) is 10.4. The van der Waals surface area contributed by atoms with Gasteiger partial charge in [-0.3, -0.25) is 0 Å². The van der Waals surface area contributed by atoms with Gasteiger partial charge in [-0.1, -0.05) is 47.1 Å². The number of halogens is 4. The maximum absolute atomic E-state index is 12.8. The lowest BCUT2D eigenvalue weighted by Crippen LogP contribution is -2.19. The van der Waals surface area contributed by atoms with Crippen molar-refractivity contribution in [1.82, 2.24) is 5.16 Å². The van der Waals surface area contributed by atoms with Crippen LogP contribution in [-0.4, -0.2) is 29.0 Å². The molecule has 2 fully saturated rings. The van der Waals surface area contributed by atoms with Gasteiger partial charge >= 0.3 is 12.1 Å². The summed E-state index contributed by atoms with van der Waals surface area (Å²) in [4.78, 5) is 11.1. The van der Waals surface area contributed by atoms with Crippen LogP contribution in [0.25, 0.3) is 11.3 Å². The second kappa shape index (κ2) is 10.8. The number of hydrogen-bond acceptors (Lipinski definition) is 5. The van der Waals surface area contributed by atoms with Crippen LogP contribution in [0.5, 0.6) is 11.5 Å². The van der Waals surface area contributed by atoms with Crippen molar-refractivity contribution in [2.75, 3.05) is 6.61 Å². The van der Waals surface area contributed by atoms with E-state index in [1.807, 2.05) is 24.3 Å². The summed E-state index contributed by atoms with van der Waals surface area (Å²) < 4.78 is 55.3. The molecule has 6 rings (SSSR count). The zero-order chi connectivity index (χ0) is 28.7. The predicted molar refractivity (Wildman–Crippen MR) is 145 cm³/mol. The number of carboxylic acids is 1. The molecule has 10 heteroatoms. The predicted octanol–water partition coefficient (Wildman–Crippen LogP) is 8.36. The molecule has 2 atom stereocenters. The number of alkyl halides is 3. The molecule has 1 N–H and O–H groups in total. The number of carbonyl (C=O) groups is 1. The number of nitrogens with zero attached hydrogens (tertiary/aromatic N) is 1. The number of aromatic carboxylic acids is 1. The number of hydrogen-bond donors (Lipinski definition) is 1. The molecule has 0 saturated heterocycles. The van der Waals surface area contributed by atoms with Crippen LogP contribution in [0.4, 0.5) is 13.2 Å². The number of carboxylic acid groups (broad SMARTS) is 1. The quantitative estimate of drug-likeness (QED) is 0.202. The van der Waals surface area contributed by atoms with Crippen LogP contribution in [0.15, 0.2) is 71.3 Å². The summed E-state index contributed by atoms with van der Waals surface area (Å²) in [6, 6.07) is 18.9. The van der Waals surface area contributed by atoms with Crippen LogP contribution in [0.1, 0.15) is 69.8 Å². The molecule has 1 aromatic heterocycles. The molecule has 0 amide bonds. The van der Waals surface area contributed by atoms with E-state index < -0.39 is 18.8 Å². The van der Waals surface area contributed by atoms with Gasteiger partial charge in [-0.2, -0.15) is 13.2 Å². The summed E-state index contributed by atoms with van der Waals surface area (Å²) in [5, 5.41) is 13.9. The van der Waals surface area contributed by atoms with Gasteiger partial charge in [0.25, 0.3) is 0 Å². The van der Waals surface area contributed by atoms with Crippen LogP contribution in [-0.2, 0) is 6.61 Å². The van der Waals surface area contributed by atoms with Crippen LogP contribution in [0.3, 0.4) is 0 Å². The van der Waals surface area contributed by atoms with Crippen molar-refractivity contribution in [3.63, 3.8) is 0 Å². The van der Waals surface area contributed by atoms with E-state index in [4.69, 9.17) is 30.7 Å². The molecular weight excluding hydrogens is 559 g/mol. The summed E-state index contributed by atoms with van der Waals surface area (Å²) in [7, 11) is 0. The van der Waals surface area contributed by atoms with Gasteiger partial charge in [-0.15, -0.1) is 0 Å². The molecule has 0 bridgehead atoms. The van der Waals surface area contributed by atoms with E-state index in [-0.39, 0.29) is 35.7 Å². The molecule has 0 unspecified atom stereocenters. The molecule has 1 heterocycles. The third-order valence-electron chi connectivity index (χ3n) is 7.43. The minimum Gasteiger partial charge on any atom is -0.489 e. The summed E-state index contributed by atoms with van der Waals surface area (Å²) >= 11 is 6.66. The third kappa shape index (κ3) is 6.05. The first-order valence-electron chi connectivity index (χ1n) is 13.2. The summed E-state index contributed by atoms with van der Waals surface area (Å²) in [5.74, 6) is 1.00. The molecule has 3 aromatic carbocycles. The molecule has 212 valence electrons. The highest BCUT2D eigenvalue weighted by molar-refractivity contribution is 6.31. The Hall–Kier alpha value is -3.98. The fraction of sp³-hybridized carbons (Fsp3) is 0.290. The molecule has 2 saturated carbocycles. The Morgan fingerprint density at radius 2 is 1.78 bits per heavy atom. The Labute approximate surface area is 238 Å². The molecule has 4 aromatic rings. The largest absolute Gasteiger partial charge is 0.489 e. The lowest BCUT2D eigenvalue weighted by molar-refractivity contribution is -0.153. The molecule has 0 radical (unpaired) electrons. The lowest BCUT2D eigenvalue weighted by atomic mass is 10.0. The van der Waals surface area contributed by atoms with E-state index in [2.05, 4.69) is 5.16 Å². The minimum atomic E-state index is -4.47. The highest BCUT2D eigenvalue weighted by Crippen LogP contribution is 2.56. The number of ether oxygens (including phenoxy) is 2. The van der Waals surface area contributed by atoms with E-state index in [0.29, 0.717) is 33.4 Å². The Kier molecular flexibility index (Phi) is 7.15. The highest BCUT2D eigenvalue weighted by atomic mass is 35.5. The van der Waals surface area contributed by atoms with E-state index in [0.717, 1.165) is 30.4 Å². The first-order valence-corrected chi connectivity index (χ1v) is 13.6. The van der Waals surface area contributed by atoms with Crippen molar-refractivity contribution in [3.05, 3.63) is 99.8 Å². The van der Waals surface area contributed by atoms with E-state index in [9.17, 15) is 18.0 Å². The Morgan fingerprint density at radius 3 is 2.46 bits per heavy atom. The summed E-state index contributed by atoms with van der Waals surface area (Å²) in [6.45, 7) is -1.32. The van der Waals surface area contributed by atoms with Crippen LogP contribution in [0, 0.1) is 0 Å². The topological polar surface area (TPSA) is 81.8 Å². The Bertz CT molecular complexity index is 1580. The lowest BCUT2D eigenvalue weighted by Gasteiger charge is -2.13. The second-order valence-corrected chi connectivity index (χ2v) is 10.8. The minimum absolute atomic E-state index is 0.0608. The molecule has 2 aliphatic carbocycles. The van der Waals surface area contributed by atoms with Gasteiger partial charge in [0.05, 0.1) is 11.1 Å². The van der Waals surface area contributed by atoms with Gasteiger partial charge in [0.15, 0.2) is 6.61 Å². The fourth-order valence-corrected chi connectivity index (χ4v) is 5.43. The molecule has 0 aliphatic heterocycles. The zero-order valence-corrected chi connectivity index (χ0v) is 22.4. The summed E-state index contributed by atoms with van der Waals surface area (Å²) in [6.07, 6.45) is -1.68. The van der Waals surface area contributed by atoms with Gasteiger partial charge in [0.2, 0.25) is 0 Å². The van der Waals surface area contributed by atoms with Gasteiger partial charge in [0.1, 0.15) is 29.6 Å². The van der Waals surface area contributed by atoms with Crippen molar-refractivity contribution >= 4 is 17.6 Å². The van der Waals surface area contributed by atoms with Gasteiger partial charge < -0.3 is 19.1 Å². The molecule has 41 heavy (non-hydrogen) atoms. The monoisotopic (exact) mass is 583 g/mol. The van der Waals surface area contributed by atoms with Gasteiger partial charge in [0, 0.05) is 16.5 Å². The van der Waals surface area contributed by atoms with Crippen molar-refractivity contribution in [2.45, 2.75) is 49.8 Å². The number of benzene rings is 3. The molecule has 6 nitrogen and oxygen atoms in total. The zero-order valence-electron chi connectivity index (χ0n) is 21.7. The van der Waals surface area contributed by atoms with E-state index in [1.165, 1.54) is 6.07 Å². The Morgan fingerprint density at radius 1 is 1.02 bits per heavy atom. The number of aromatic nitrogens is 1. The number of rotatable bonds is 10. The smallest absolute Gasteiger partial charge is 0.422 e. The van der Waals surface area contributed by atoms with Crippen molar-refractivity contribution < 1.29 is 37.1 Å². The van der Waals surface area contributed by atoms with E-state index >= 15 is 0 Å². The van der Waals surface area contributed by atoms with Crippen molar-refractivity contribution in [1.29, 1.82) is 0 Å². The number of para-hydroxylation sites is 1. The maximum Gasteiger partial charge on any atom is 0.422 e. The molecule has 0 spiro atoms. The van der Waals surface area contributed by atoms with Crippen molar-refractivity contribution in [2.24, 2.45) is 0 Å². The van der Waals surface area contributed by atoms with Crippen molar-refractivity contribution in [3.8, 4) is 22.8 Å². The maximum atomic E-state index is 12.8. The third-order valence-corrected chi connectivity index (χ3v) is 7.76. The van der Waals surface area contributed by atoms with Gasteiger partial charge in [-0.25, -0.2) is 4.79 Å². The standard InChI is InChI=1S/C31H25ClF3NO5/c32-26-13-20(11-12-21(26)24-14-23(24)17-5-9-19(10-6-17)30(37)38)39-15-25-28(36-41-29(25)18-7-8-18)22-3-1-2-4-27(22)40-16-31(33,34)35/h1-6,9-13,18,23-24H,7-8,14-16H2,(H,37,38)/t23-,24-/m0/s1. The molecule has 2 aliphatic rings. The highest BCUT2D eigenvalue weighted by Gasteiger charge is 2.40. The first kappa shape index (κ1) is 27.2. The first-order chi connectivity index (χ1) is 19.7. The average molecular weight is 584 g/mol. The van der Waals surface area contributed by atoms with Crippen LogP contribution < -0.4 is 9.47 Å². The van der Waals surface area contributed by atoms with E-state index in [1.54, 1.807) is 36.4 Å². The van der Waals surface area contributed by atoms with Crippen LogP contribution in [0.2, 0.25) is 5.02 Å². The average Bonchev–Trinajstić information content (AvgIpc) is 3.88. The molecular formula is C31H25ClF3NO5. The SMILES string of the molecule is O=C(O)c1ccc([C@@H]2C[C@H]2c2ccc(OCc3c(-c4ccccc4OCC(F)(F)F)noc3C3CC3)cc2Cl)cc1. The van der Waals surface area contributed by atoms with Crippen LogP contribution >= 0.6 is 11.6 Å². The fourth-order valence-electron chi connectivity index (χ4n) is 5.12. The van der Waals surface area contributed by atoms with Gasteiger partial charge in [-0.05, 0) is 78.6 Å². The Balaban J connectivity index is 1.18. The normalized spacial score (nSPS) is 18.2.